The molecule has 88 valence electrons. The van der Waals surface area contributed by atoms with Crippen molar-refractivity contribution in [3.8, 4) is 5.75 Å². The van der Waals surface area contributed by atoms with Gasteiger partial charge in [0.15, 0.2) is 0 Å². The molecule has 0 N–H and O–H groups in total. The van der Waals surface area contributed by atoms with E-state index >= 15 is 0 Å². The Morgan fingerprint density at radius 2 is 2.12 bits per heavy atom. The Labute approximate surface area is 96.4 Å². The Kier molecular flexibility index (Phi) is 4.83. The van der Waals surface area contributed by atoms with Crippen LogP contribution < -0.4 is 4.74 Å². The van der Waals surface area contributed by atoms with E-state index in [-0.39, 0.29) is 12.1 Å². The van der Waals surface area contributed by atoms with Gasteiger partial charge < -0.3 is 9.47 Å². The molecule has 0 aliphatic rings. The first kappa shape index (κ1) is 12.6. The molecule has 1 rings (SSSR count). The molecule has 1 aromatic carbocycles. The van der Waals surface area contributed by atoms with Crippen molar-refractivity contribution < 1.29 is 14.3 Å². The molecule has 0 aromatic heterocycles. The Hall–Kier alpha value is -1.51. The van der Waals surface area contributed by atoms with E-state index in [0.29, 0.717) is 13.0 Å². The molecule has 0 aliphatic heterocycles. The van der Waals surface area contributed by atoms with Crippen LogP contribution in [0.3, 0.4) is 0 Å². The highest BCUT2D eigenvalue weighted by Crippen LogP contribution is 2.15. The van der Waals surface area contributed by atoms with Gasteiger partial charge in [0.2, 0.25) is 0 Å². The van der Waals surface area contributed by atoms with Gasteiger partial charge in [-0.15, -0.1) is 0 Å². The van der Waals surface area contributed by atoms with Crippen molar-refractivity contribution in [3.63, 3.8) is 0 Å². The molecule has 0 fully saturated rings. The fourth-order valence-corrected chi connectivity index (χ4v) is 1.38. The maximum Gasteiger partial charge on any atom is 0.310 e. The van der Waals surface area contributed by atoms with Gasteiger partial charge in [0.25, 0.3) is 0 Å². The smallest absolute Gasteiger partial charge is 0.310 e. The summed E-state index contributed by atoms with van der Waals surface area (Å²) in [7, 11) is 0. The van der Waals surface area contributed by atoms with Crippen LogP contribution in [0.4, 0.5) is 0 Å². The van der Waals surface area contributed by atoms with Crippen LogP contribution in [0, 0.1) is 0 Å². The van der Waals surface area contributed by atoms with Crippen LogP contribution in [-0.2, 0) is 16.0 Å². The molecule has 0 heterocycles. The molecule has 0 atom stereocenters. The minimum atomic E-state index is -0.204. The van der Waals surface area contributed by atoms with Gasteiger partial charge in [0.1, 0.15) is 5.75 Å². The number of ether oxygens (including phenoxy) is 2. The lowest BCUT2D eigenvalue weighted by atomic mass is 10.1. The number of carbonyl (C=O) groups is 1. The van der Waals surface area contributed by atoms with Gasteiger partial charge in [-0.1, -0.05) is 12.1 Å². The topological polar surface area (TPSA) is 35.5 Å². The summed E-state index contributed by atoms with van der Waals surface area (Å²) in [6, 6.07) is 7.53. The van der Waals surface area contributed by atoms with Crippen LogP contribution in [-0.4, -0.2) is 18.7 Å². The molecular formula is C13H18O3. The molecule has 16 heavy (non-hydrogen) atoms. The van der Waals surface area contributed by atoms with E-state index in [1.807, 2.05) is 38.1 Å². The predicted octanol–water partition coefficient (Wildman–Crippen LogP) is 2.58. The maximum absolute atomic E-state index is 11.3. The second-order valence-electron chi connectivity index (χ2n) is 3.80. The molecule has 0 bridgehead atoms. The molecule has 0 amide bonds. The van der Waals surface area contributed by atoms with E-state index in [0.717, 1.165) is 11.3 Å². The van der Waals surface area contributed by atoms with E-state index < -0.39 is 0 Å². The van der Waals surface area contributed by atoms with E-state index in [4.69, 9.17) is 9.47 Å². The van der Waals surface area contributed by atoms with Crippen molar-refractivity contribution in [2.24, 2.45) is 0 Å². The first-order valence-corrected chi connectivity index (χ1v) is 5.53. The average Bonchev–Trinajstić information content (AvgIpc) is 2.17. The first-order valence-electron chi connectivity index (χ1n) is 5.53. The second-order valence-corrected chi connectivity index (χ2v) is 3.80. The quantitative estimate of drug-likeness (QED) is 0.718. The highest BCUT2D eigenvalue weighted by molar-refractivity contribution is 5.72. The summed E-state index contributed by atoms with van der Waals surface area (Å²) >= 11 is 0. The average molecular weight is 222 g/mol. The molecule has 3 heteroatoms. The first-order chi connectivity index (χ1) is 7.61. The third-order valence-electron chi connectivity index (χ3n) is 1.92. The third-order valence-corrected chi connectivity index (χ3v) is 1.92. The van der Waals surface area contributed by atoms with E-state index in [2.05, 4.69) is 0 Å². The zero-order chi connectivity index (χ0) is 12.0. The lowest BCUT2D eigenvalue weighted by Crippen LogP contribution is -2.08. The van der Waals surface area contributed by atoms with Crippen molar-refractivity contribution in [1.29, 1.82) is 0 Å². The number of esters is 1. The summed E-state index contributed by atoms with van der Waals surface area (Å²) < 4.78 is 10.4. The van der Waals surface area contributed by atoms with E-state index in [9.17, 15) is 4.79 Å². The molecule has 0 spiro atoms. The Bertz CT molecular complexity index is 345. The maximum atomic E-state index is 11.3. The van der Waals surface area contributed by atoms with Crippen LogP contribution in [0.2, 0.25) is 0 Å². The highest BCUT2D eigenvalue weighted by Gasteiger charge is 2.05. The Morgan fingerprint density at radius 1 is 1.38 bits per heavy atom. The van der Waals surface area contributed by atoms with Gasteiger partial charge in [0.05, 0.1) is 19.1 Å². The van der Waals surface area contributed by atoms with Crippen molar-refractivity contribution in [2.75, 3.05) is 6.61 Å². The summed E-state index contributed by atoms with van der Waals surface area (Å²) in [6.45, 7) is 6.16. The molecular weight excluding hydrogens is 204 g/mol. The number of hydrogen-bond acceptors (Lipinski definition) is 3. The van der Waals surface area contributed by atoms with Crippen molar-refractivity contribution in [3.05, 3.63) is 29.8 Å². The molecule has 1 aromatic rings. The van der Waals surface area contributed by atoms with Gasteiger partial charge in [-0.3, -0.25) is 4.79 Å². The van der Waals surface area contributed by atoms with Gasteiger partial charge in [-0.25, -0.2) is 0 Å². The molecule has 3 nitrogen and oxygen atoms in total. The predicted molar refractivity (Wildman–Crippen MR) is 62.5 cm³/mol. The largest absolute Gasteiger partial charge is 0.491 e. The monoisotopic (exact) mass is 222 g/mol. The SMILES string of the molecule is CCOC(=O)Cc1cccc(OC(C)C)c1. The molecule has 0 saturated heterocycles. The lowest BCUT2D eigenvalue weighted by molar-refractivity contribution is -0.142. The minimum Gasteiger partial charge on any atom is -0.491 e. The number of carbonyl (C=O) groups excluding carboxylic acids is 1. The number of rotatable bonds is 5. The van der Waals surface area contributed by atoms with Crippen molar-refractivity contribution >= 4 is 5.97 Å². The van der Waals surface area contributed by atoms with Crippen LogP contribution >= 0.6 is 0 Å². The van der Waals surface area contributed by atoms with E-state index in [1.54, 1.807) is 6.92 Å². The standard InChI is InChI=1S/C13H18O3/c1-4-15-13(14)9-11-6-5-7-12(8-11)16-10(2)3/h5-8,10H,4,9H2,1-3H3. The summed E-state index contributed by atoms with van der Waals surface area (Å²) in [4.78, 5) is 11.3. The fourth-order valence-electron chi connectivity index (χ4n) is 1.38. The Balaban J connectivity index is 2.63. The van der Waals surface area contributed by atoms with Gasteiger partial charge in [-0.2, -0.15) is 0 Å². The van der Waals surface area contributed by atoms with Crippen molar-refractivity contribution in [1.82, 2.24) is 0 Å². The third kappa shape index (κ3) is 4.34. The summed E-state index contributed by atoms with van der Waals surface area (Å²) in [5.74, 6) is 0.584. The minimum absolute atomic E-state index is 0.137. The number of benzene rings is 1. The Morgan fingerprint density at radius 3 is 2.75 bits per heavy atom. The van der Waals surface area contributed by atoms with Gasteiger partial charge >= 0.3 is 5.97 Å². The van der Waals surface area contributed by atoms with Gasteiger partial charge in [-0.05, 0) is 38.5 Å². The van der Waals surface area contributed by atoms with Crippen LogP contribution in [0.1, 0.15) is 26.3 Å². The normalized spacial score (nSPS) is 10.2. The summed E-state index contributed by atoms with van der Waals surface area (Å²) in [6.07, 6.45) is 0.432. The van der Waals surface area contributed by atoms with Gasteiger partial charge in [0, 0.05) is 0 Å². The summed E-state index contributed by atoms with van der Waals surface area (Å²) in [5.41, 5.74) is 0.914. The second kappa shape index (κ2) is 6.16. The van der Waals surface area contributed by atoms with E-state index in [1.165, 1.54) is 0 Å². The van der Waals surface area contributed by atoms with Crippen LogP contribution in [0.5, 0.6) is 5.75 Å². The number of hydrogen-bond donors (Lipinski definition) is 0. The molecule has 0 saturated carbocycles. The molecule has 0 radical (unpaired) electrons. The summed E-state index contributed by atoms with van der Waals surface area (Å²) in [5, 5.41) is 0. The van der Waals surface area contributed by atoms with Crippen LogP contribution in [0.15, 0.2) is 24.3 Å². The fraction of sp³-hybridized carbons (Fsp3) is 0.462. The zero-order valence-electron chi connectivity index (χ0n) is 10.0. The van der Waals surface area contributed by atoms with Crippen LogP contribution in [0.25, 0.3) is 0 Å². The molecule has 0 aliphatic carbocycles. The molecule has 0 unspecified atom stereocenters. The highest BCUT2D eigenvalue weighted by atomic mass is 16.5. The lowest BCUT2D eigenvalue weighted by Gasteiger charge is -2.10. The zero-order valence-corrected chi connectivity index (χ0v) is 10.0. The van der Waals surface area contributed by atoms with Crippen molar-refractivity contribution in [2.45, 2.75) is 33.3 Å².